The third-order valence-electron chi connectivity index (χ3n) is 7.44. The number of hydrogen-bond donors (Lipinski definition) is 1. The molecule has 4 nitrogen and oxygen atoms in total. The smallest absolute Gasteiger partial charge is 0.220 e. The Morgan fingerprint density at radius 1 is 1.19 bits per heavy atom. The minimum atomic E-state index is 0.268. The van der Waals surface area contributed by atoms with E-state index in [0.29, 0.717) is 16.3 Å². The van der Waals surface area contributed by atoms with E-state index in [4.69, 9.17) is 4.74 Å². The van der Waals surface area contributed by atoms with Crippen molar-refractivity contribution in [3.8, 4) is 0 Å². The van der Waals surface area contributed by atoms with Crippen LogP contribution in [0.15, 0.2) is 0 Å². The Labute approximate surface area is 166 Å². The molecule has 3 atom stereocenters. The maximum Gasteiger partial charge on any atom is 0.220 e. The molecule has 1 amide bonds. The van der Waals surface area contributed by atoms with Crippen molar-refractivity contribution in [1.29, 1.82) is 0 Å². The number of nitrogens with one attached hydrogen (secondary N) is 1. The van der Waals surface area contributed by atoms with Gasteiger partial charge in [-0.15, -0.1) is 0 Å². The molecular formula is C21H35BrN2O2. The van der Waals surface area contributed by atoms with Crippen molar-refractivity contribution < 1.29 is 9.53 Å². The minimum absolute atomic E-state index is 0.268. The van der Waals surface area contributed by atoms with Crippen LogP contribution in [-0.2, 0) is 9.53 Å². The fraction of sp³-hybridized carbons (Fsp3) is 0.952. The lowest BCUT2D eigenvalue weighted by Crippen LogP contribution is -2.55. The topological polar surface area (TPSA) is 41.6 Å². The zero-order chi connectivity index (χ0) is 18.4. The molecular weight excluding hydrogens is 392 g/mol. The van der Waals surface area contributed by atoms with Gasteiger partial charge in [-0.1, -0.05) is 29.8 Å². The number of rotatable bonds is 6. The molecule has 5 fully saturated rings. The van der Waals surface area contributed by atoms with Gasteiger partial charge in [0.1, 0.15) is 0 Å². The second-order valence-corrected chi connectivity index (χ2v) is 11.7. The minimum Gasteiger partial charge on any atom is -0.379 e. The molecule has 0 aromatic rings. The summed E-state index contributed by atoms with van der Waals surface area (Å²) >= 11 is 4.07. The average Bonchev–Trinajstić information content (AvgIpc) is 2.52. The predicted molar refractivity (Wildman–Crippen MR) is 107 cm³/mol. The number of alkyl halides is 1. The predicted octanol–water partition coefficient (Wildman–Crippen LogP) is 3.58. The van der Waals surface area contributed by atoms with Gasteiger partial charge in [0.2, 0.25) is 5.91 Å². The highest BCUT2D eigenvalue weighted by atomic mass is 79.9. The standard InChI is InChI=1S/C21H35BrN2O2/c1-15(2)18(24-3-5-26-6-4-24)13-23-19(25)12-20-8-16-7-17(9-20)11-21(22,10-16)14-20/h15-18H,3-14H2,1-2H3,(H,23,25). The third-order valence-corrected chi connectivity index (χ3v) is 8.37. The average molecular weight is 427 g/mol. The van der Waals surface area contributed by atoms with Gasteiger partial charge in [0.25, 0.3) is 0 Å². The molecule has 3 unspecified atom stereocenters. The second-order valence-electron chi connectivity index (χ2n) is 10.1. The first kappa shape index (κ1) is 19.2. The van der Waals surface area contributed by atoms with Crippen LogP contribution < -0.4 is 5.32 Å². The van der Waals surface area contributed by atoms with Crippen molar-refractivity contribution in [2.24, 2.45) is 23.2 Å². The number of amides is 1. The number of nitrogens with zero attached hydrogens (tertiary/aromatic N) is 1. The highest BCUT2D eigenvalue weighted by Gasteiger charge is 2.57. The Morgan fingerprint density at radius 3 is 2.42 bits per heavy atom. The quantitative estimate of drug-likeness (QED) is 0.659. The SMILES string of the molecule is CC(C)C(CNC(=O)CC12CC3CC(CC(Br)(C3)C1)C2)N1CCOCC1. The molecule has 0 aromatic carbocycles. The summed E-state index contributed by atoms with van der Waals surface area (Å²) < 4.78 is 5.83. The van der Waals surface area contributed by atoms with E-state index in [1.165, 1.54) is 38.5 Å². The van der Waals surface area contributed by atoms with E-state index in [1.807, 2.05) is 0 Å². The van der Waals surface area contributed by atoms with E-state index in [-0.39, 0.29) is 11.3 Å². The Bertz CT molecular complexity index is 518. The lowest BCUT2D eigenvalue weighted by molar-refractivity contribution is -0.128. The van der Waals surface area contributed by atoms with Gasteiger partial charge in [-0.3, -0.25) is 9.69 Å². The van der Waals surface area contributed by atoms with Gasteiger partial charge in [-0.05, 0) is 61.7 Å². The van der Waals surface area contributed by atoms with Crippen molar-refractivity contribution in [2.75, 3.05) is 32.8 Å². The molecule has 1 aliphatic heterocycles. The van der Waals surface area contributed by atoms with Crippen LogP contribution in [-0.4, -0.2) is 54.0 Å². The zero-order valence-corrected chi connectivity index (χ0v) is 18.0. The van der Waals surface area contributed by atoms with Crippen LogP contribution in [0.2, 0.25) is 0 Å². The summed E-state index contributed by atoms with van der Waals surface area (Å²) in [4.78, 5) is 15.4. The molecule has 5 aliphatic rings. The van der Waals surface area contributed by atoms with E-state index in [1.54, 1.807) is 0 Å². The van der Waals surface area contributed by atoms with Crippen molar-refractivity contribution in [3.63, 3.8) is 0 Å². The molecule has 26 heavy (non-hydrogen) atoms. The van der Waals surface area contributed by atoms with Gasteiger partial charge in [-0.2, -0.15) is 0 Å². The van der Waals surface area contributed by atoms with Crippen LogP contribution >= 0.6 is 15.9 Å². The van der Waals surface area contributed by atoms with Crippen LogP contribution in [0.4, 0.5) is 0 Å². The fourth-order valence-corrected chi connectivity index (χ4v) is 8.37. The van der Waals surface area contributed by atoms with E-state index >= 15 is 0 Å². The first-order chi connectivity index (χ1) is 12.4. The van der Waals surface area contributed by atoms with E-state index in [2.05, 4.69) is 40.0 Å². The maximum absolute atomic E-state index is 12.9. The summed E-state index contributed by atoms with van der Waals surface area (Å²) in [6.45, 7) is 8.90. The molecule has 4 bridgehead atoms. The maximum atomic E-state index is 12.9. The summed E-state index contributed by atoms with van der Waals surface area (Å²) in [6, 6.07) is 0.418. The number of hydrogen-bond acceptors (Lipinski definition) is 3. The molecule has 1 saturated heterocycles. The van der Waals surface area contributed by atoms with Gasteiger partial charge in [-0.25, -0.2) is 0 Å². The van der Waals surface area contributed by atoms with Crippen molar-refractivity contribution in [1.82, 2.24) is 10.2 Å². The summed E-state index contributed by atoms with van der Waals surface area (Å²) in [7, 11) is 0. The molecule has 0 aromatic heterocycles. The van der Waals surface area contributed by atoms with E-state index in [0.717, 1.165) is 51.1 Å². The molecule has 1 heterocycles. The molecule has 4 aliphatic carbocycles. The summed E-state index contributed by atoms with van der Waals surface area (Å²) in [5.74, 6) is 2.51. The number of carbonyl (C=O) groups excluding carboxylic acids is 1. The number of morpholine rings is 1. The molecule has 0 spiro atoms. The molecule has 148 valence electrons. The van der Waals surface area contributed by atoms with Gasteiger partial charge in [0.05, 0.1) is 13.2 Å². The van der Waals surface area contributed by atoms with Crippen LogP contribution in [0.5, 0.6) is 0 Å². The van der Waals surface area contributed by atoms with Gasteiger partial charge >= 0.3 is 0 Å². The van der Waals surface area contributed by atoms with Gasteiger partial charge in [0.15, 0.2) is 0 Å². The van der Waals surface area contributed by atoms with Gasteiger partial charge < -0.3 is 10.1 Å². The Balaban J connectivity index is 1.33. The number of ether oxygens (including phenoxy) is 1. The van der Waals surface area contributed by atoms with E-state index < -0.39 is 0 Å². The summed E-state index contributed by atoms with van der Waals surface area (Å²) in [5.41, 5.74) is 0.268. The number of halogens is 1. The second kappa shape index (κ2) is 7.36. The van der Waals surface area contributed by atoms with Crippen LogP contribution in [0.25, 0.3) is 0 Å². The Hall–Kier alpha value is -0.130. The third kappa shape index (κ3) is 4.00. The fourth-order valence-electron chi connectivity index (χ4n) is 6.86. The Kier molecular flexibility index (Phi) is 5.44. The monoisotopic (exact) mass is 426 g/mol. The highest BCUT2D eigenvalue weighted by Crippen LogP contribution is 2.65. The van der Waals surface area contributed by atoms with Crippen molar-refractivity contribution in [3.05, 3.63) is 0 Å². The lowest BCUT2D eigenvalue weighted by Gasteiger charge is -2.60. The first-order valence-corrected chi connectivity index (χ1v) is 11.4. The molecule has 5 heteroatoms. The highest BCUT2D eigenvalue weighted by molar-refractivity contribution is 9.10. The van der Waals surface area contributed by atoms with Crippen LogP contribution in [0.3, 0.4) is 0 Å². The first-order valence-electron chi connectivity index (χ1n) is 10.6. The number of carbonyl (C=O) groups is 1. The molecule has 1 N–H and O–H groups in total. The lowest BCUT2D eigenvalue weighted by atomic mass is 9.48. The van der Waals surface area contributed by atoms with E-state index in [9.17, 15) is 4.79 Å². The van der Waals surface area contributed by atoms with Crippen LogP contribution in [0.1, 0.15) is 58.8 Å². The molecule has 5 rings (SSSR count). The molecule has 0 radical (unpaired) electrons. The summed E-state index contributed by atoms with van der Waals surface area (Å²) in [5, 5.41) is 3.31. The Morgan fingerprint density at radius 2 is 1.85 bits per heavy atom. The van der Waals surface area contributed by atoms with Crippen molar-refractivity contribution in [2.45, 2.75) is 69.2 Å². The van der Waals surface area contributed by atoms with Gasteiger partial charge in [0, 0.05) is 36.4 Å². The van der Waals surface area contributed by atoms with Crippen LogP contribution in [0, 0.1) is 23.2 Å². The zero-order valence-electron chi connectivity index (χ0n) is 16.4. The summed E-state index contributed by atoms with van der Waals surface area (Å²) in [6.07, 6.45) is 8.57. The normalized spacial score (nSPS) is 40.8. The largest absolute Gasteiger partial charge is 0.379 e. The van der Waals surface area contributed by atoms with Crippen molar-refractivity contribution >= 4 is 21.8 Å². The molecule has 4 saturated carbocycles.